The van der Waals surface area contributed by atoms with Crippen molar-refractivity contribution in [2.24, 2.45) is 0 Å². The summed E-state index contributed by atoms with van der Waals surface area (Å²) in [5.41, 5.74) is 3.01. The summed E-state index contributed by atoms with van der Waals surface area (Å²) in [6.07, 6.45) is 3.56. The van der Waals surface area contributed by atoms with Crippen LogP contribution in [-0.4, -0.2) is 11.4 Å². The predicted octanol–water partition coefficient (Wildman–Crippen LogP) is 3.11. The zero-order valence-electron chi connectivity index (χ0n) is 9.22. The van der Waals surface area contributed by atoms with Crippen LogP contribution in [0.15, 0.2) is 24.3 Å². The molecule has 1 aliphatic carbocycles. The molecule has 0 spiro atoms. The first-order chi connectivity index (χ1) is 7.28. The average Bonchev–Trinajstić information content (AvgIpc) is 3.08. The molecule has 0 unspecified atom stereocenters. The number of alkyl halides is 1. The van der Waals surface area contributed by atoms with Gasteiger partial charge in [-0.2, -0.15) is 0 Å². The Morgan fingerprint density at radius 1 is 1.20 bits per heavy atom. The van der Waals surface area contributed by atoms with Crippen molar-refractivity contribution >= 4 is 11.6 Å². The Balaban J connectivity index is 1.88. The van der Waals surface area contributed by atoms with E-state index in [-0.39, 0.29) is 5.54 Å². The van der Waals surface area contributed by atoms with E-state index >= 15 is 0 Å². The molecule has 0 aromatic heterocycles. The van der Waals surface area contributed by atoms with E-state index < -0.39 is 0 Å². The molecule has 0 atom stereocenters. The van der Waals surface area contributed by atoms with Crippen LogP contribution in [0.25, 0.3) is 0 Å². The Morgan fingerprint density at radius 2 is 1.80 bits per heavy atom. The normalized spacial score (nSPS) is 17.7. The molecule has 82 valence electrons. The van der Waals surface area contributed by atoms with Crippen molar-refractivity contribution in [1.29, 1.82) is 0 Å². The molecule has 15 heavy (non-hydrogen) atoms. The second kappa shape index (κ2) is 4.54. The molecule has 0 amide bonds. The minimum Gasteiger partial charge on any atom is -0.306 e. The van der Waals surface area contributed by atoms with Crippen LogP contribution >= 0.6 is 11.6 Å². The zero-order chi connectivity index (χ0) is 10.7. The van der Waals surface area contributed by atoms with Crippen LogP contribution in [0.1, 0.15) is 30.9 Å². The molecular formula is C13H18ClN. The monoisotopic (exact) mass is 223 g/mol. The van der Waals surface area contributed by atoms with Gasteiger partial charge in [0.15, 0.2) is 0 Å². The van der Waals surface area contributed by atoms with Crippen molar-refractivity contribution in [2.45, 2.75) is 38.3 Å². The van der Waals surface area contributed by atoms with Crippen LogP contribution in [0.4, 0.5) is 0 Å². The van der Waals surface area contributed by atoms with E-state index in [0.717, 1.165) is 18.8 Å². The number of nitrogens with one attached hydrogen (secondary N) is 1. The second-order valence-electron chi connectivity index (χ2n) is 4.44. The Morgan fingerprint density at radius 3 is 2.27 bits per heavy atom. The van der Waals surface area contributed by atoms with Gasteiger partial charge in [0.05, 0.1) is 0 Å². The van der Waals surface area contributed by atoms with Crippen LogP contribution in [0.5, 0.6) is 0 Å². The van der Waals surface area contributed by atoms with Gasteiger partial charge in [-0.25, -0.2) is 0 Å². The summed E-state index contributed by atoms with van der Waals surface area (Å²) in [5.74, 6) is 0.736. The number of aryl methyl sites for hydroxylation is 1. The van der Waals surface area contributed by atoms with Crippen LogP contribution in [0.3, 0.4) is 0 Å². The molecule has 1 fully saturated rings. The van der Waals surface area contributed by atoms with Crippen LogP contribution < -0.4 is 5.32 Å². The van der Waals surface area contributed by atoms with E-state index in [1.165, 1.54) is 24.0 Å². The zero-order valence-corrected chi connectivity index (χ0v) is 9.98. The Labute approximate surface area is 96.8 Å². The van der Waals surface area contributed by atoms with Gasteiger partial charge in [-0.1, -0.05) is 31.2 Å². The molecule has 0 saturated heterocycles. The minimum absolute atomic E-state index is 0.255. The summed E-state index contributed by atoms with van der Waals surface area (Å²) in [7, 11) is 0. The fraction of sp³-hybridized carbons (Fsp3) is 0.538. The fourth-order valence-corrected chi connectivity index (χ4v) is 2.05. The Hall–Kier alpha value is -0.530. The first-order valence-electron chi connectivity index (χ1n) is 5.67. The minimum atomic E-state index is 0.255. The van der Waals surface area contributed by atoms with Gasteiger partial charge in [0.1, 0.15) is 0 Å². The van der Waals surface area contributed by atoms with Gasteiger partial charge in [-0.05, 0) is 30.4 Å². The lowest BCUT2D eigenvalue weighted by Gasteiger charge is -2.13. The van der Waals surface area contributed by atoms with E-state index in [2.05, 4.69) is 36.5 Å². The highest BCUT2D eigenvalue weighted by molar-refractivity contribution is 6.18. The lowest BCUT2D eigenvalue weighted by molar-refractivity contribution is 0.543. The van der Waals surface area contributed by atoms with Crippen molar-refractivity contribution in [2.75, 3.05) is 5.88 Å². The van der Waals surface area contributed by atoms with Gasteiger partial charge < -0.3 is 5.32 Å². The highest BCUT2D eigenvalue weighted by atomic mass is 35.5. The number of hydrogen-bond donors (Lipinski definition) is 1. The Kier molecular flexibility index (Phi) is 3.32. The molecule has 0 aliphatic heterocycles. The van der Waals surface area contributed by atoms with E-state index in [9.17, 15) is 0 Å². The largest absolute Gasteiger partial charge is 0.306 e. The highest BCUT2D eigenvalue weighted by Gasteiger charge is 2.40. The number of halogens is 1. The van der Waals surface area contributed by atoms with Crippen LogP contribution in [0, 0.1) is 0 Å². The third-order valence-corrected chi connectivity index (χ3v) is 3.72. The smallest absolute Gasteiger partial charge is 0.0406 e. The Bertz CT molecular complexity index is 314. The van der Waals surface area contributed by atoms with Gasteiger partial charge >= 0.3 is 0 Å². The lowest BCUT2D eigenvalue weighted by atomic mass is 10.1. The molecule has 2 heteroatoms. The number of benzene rings is 1. The molecule has 1 saturated carbocycles. The molecule has 0 heterocycles. The van der Waals surface area contributed by atoms with E-state index in [0.29, 0.717) is 0 Å². The first-order valence-corrected chi connectivity index (χ1v) is 6.20. The van der Waals surface area contributed by atoms with Gasteiger partial charge in [-0.3, -0.25) is 0 Å². The quantitative estimate of drug-likeness (QED) is 0.757. The summed E-state index contributed by atoms with van der Waals surface area (Å²) in [6.45, 7) is 3.12. The van der Waals surface area contributed by atoms with Crippen molar-refractivity contribution in [3.8, 4) is 0 Å². The molecular weight excluding hydrogens is 206 g/mol. The second-order valence-corrected chi connectivity index (χ2v) is 4.70. The SMILES string of the molecule is CCc1ccc(CNC2(CCl)CC2)cc1. The fourth-order valence-electron chi connectivity index (χ4n) is 1.69. The summed E-state index contributed by atoms with van der Waals surface area (Å²) in [4.78, 5) is 0. The highest BCUT2D eigenvalue weighted by Crippen LogP contribution is 2.36. The molecule has 1 aromatic carbocycles. The third-order valence-electron chi connectivity index (χ3n) is 3.21. The maximum Gasteiger partial charge on any atom is 0.0406 e. The summed E-state index contributed by atoms with van der Waals surface area (Å²) in [5, 5.41) is 3.54. The lowest BCUT2D eigenvalue weighted by Crippen LogP contribution is -2.32. The van der Waals surface area contributed by atoms with Crippen molar-refractivity contribution < 1.29 is 0 Å². The maximum absolute atomic E-state index is 5.91. The molecule has 2 rings (SSSR count). The van der Waals surface area contributed by atoms with Crippen molar-refractivity contribution in [1.82, 2.24) is 5.32 Å². The summed E-state index contributed by atoms with van der Waals surface area (Å²) >= 11 is 5.91. The third kappa shape index (κ3) is 2.73. The van der Waals surface area contributed by atoms with E-state index in [1.807, 2.05) is 0 Å². The van der Waals surface area contributed by atoms with Crippen molar-refractivity contribution in [3.63, 3.8) is 0 Å². The maximum atomic E-state index is 5.91. The van der Waals surface area contributed by atoms with Gasteiger partial charge in [0.25, 0.3) is 0 Å². The molecule has 1 N–H and O–H groups in total. The number of rotatable bonds is 5. The average molecular weight is 224 g/mol. The molecule has 0 radical (unpaired) electrons. The van der Waals surface area contributed by atoms with Gasteiger partial charge in [0.2, 0.25) is 0 Å². The van der Waals surface area contributed by atoms with Crippen LogP contribution in [0.2, 0.25) is 0 Å². The van der Waals surface area contributed by atoms with Gasteiger partial charge in [-0.15, -0.1) is 11.6 Å². The molecule has 1 aliphatic rings. The van der Waals surface area contributed by atoms with E-state index in [4.69, 9.17) is 11.6 Å². The standard InChI is InChI=1S/C13H18ClN/c1-2-11-3-5-12(6-4-11)9-15-13(10-14)7-8-13/h3-6,15H,2,7-10H2,1H3. The molecule has 0 bridgehead atoms. The molecule has 1 aromatic rings. The van der Waals surface area contributed by atoms with Crippen LogP contribution in [-0.2, 0) is 13.0 Å². The van der Waals surface area contributed by atoms with Gasteiger partial charge in [0, 0.05) is 18.0 Å². The predicted molar refractivity (Wildman–Crippen MR) is 65.3 cm³/mol. The summed E-state index contributed by atoms with van der Waals surface area (Å²) in [6, 6.07) is 8.82. The summed E-state index contributed by atoms with van der Waals surface area (Å²) < 4.78 is 0. The first kappa shape index (κ1) is 11.0. The topological polar surface area (TPSA) is 12.0 Å². The van der Waals surface area contributed by atoms with Crippen molar-refractivity contribution in [3.05, 3.63) is 35.4 Å². The number of hydrogen-bond acceptors (Lipinski definition) is 1. The van der Waals surface area contributed by atoms with E-state index in [1.54, 1.807) is 0 Å². The molecule has 1 nitrogen and oxygen atoms in total.